The Morgan fingerprint density at radius 3 is 2.04 bits per heavy atom. The van der Waals surface area contributed by atoms with Gasteiger partial charge in [-0.25, -0.2) is 0 Å². The lowest BCUT2D eigenvalue weighted by Gasteiger charge is -2.23. The van der Waals surface area contributed by atoms with Crippen LogP contribution in [0.5, 0.6) is 0 Å². The van der Waals surface area contributed by atoms with Gasteiger partial charge in [-0.1, -0.05) is 69.3 Å². The van der Waals surface area contributed by atoms with Gasteiger partial charge in [0.25, 0.3) is 0 Å². The largest absolute Gasteiger partial charge is 0.0616 e. The molecule has 4 rings (SSSR count). The summed E-state index contributed by atoms with van der Waals surface area (Å²) in [6.45, 7) is 9.13. The second-order valence-electron chi connectivity index (χ2n) is 7.57. The van der Waals surface area contributed by atoms with Gasteiger partial charge >= 0.3 is 0 Å². The molecule has 0 aromatic heterocycles. The maximum absolute atomic E-state index is 2.39. The predicted molar refractivity (Wildman–Crippen MR) is 102 cm³/mol. The van der Waals surface area contributed by atoms with Crippen LogP contribution in [-0.2, 0) is 5.41 Å². The zero-order valence-electron chi connectivity index (χ0n) is 14.3. The molecule has 0 nitrogen and oxygen atoms in total. The topological polar surface area (TPSA) is 0 Å². The van der Waals surface area contributed by atoms with Crippen molar-refractivity contribution in [3.63, 3.8) is 0 Å². The van der Waals surface area contributed by atoms with E-state index >= 15 is 0 Å². The molecule has 0 heteroatoms. The summed E-state index contributed by atoms with van der Waals surface area (Å²) < 4.78 is 0. The van der Waals surface area contributed by atoms with Crippen LogP contribution < -0.4 is 0 Å². The normalized spacial score (nSPS) is 12.3. The van der Waals surface area contributed by atoms with E-state index in [0.717, 1.165) is 0 Å². The molecule has 0 atom stereocenters. The van der Waals surface area contributed by atoms with E-state index in [1.165, 1.54) is 43.4 Å². The molecule has 0 radical (unpaired) electrons. The van der Waals surface area contributed by atoms with E-state index in [4.69, 9.17) is 0 Å². The molecule has 23 heavy (non-hydrogen) atoms. The van der Waals surface area contributed by atoms with E-state index in [0.29, 0.717) is 0 Å². The smallest absolute Gasteiger partial charge is 0.00989 e. The van der Waals surface area contributed by atoms with Crippen LogP contribution in [0.1, 0.15) is 31.9 Å². The molecule has 0 aliphatic heterocycles. The van der Waals surface area contributed by atoms with Crippen LogP contribution in [0.2, 0.25) is 0 Å². The first kappa shape index (κ1) is 14.3. The van der Waals surface area contributed by atoms with Gasteiger partial charge in [-0.05, 0) is 67.9 Å². The lowest BCUT2D eigenvalue weighted by atomic mass is 9.82. The summed E-state index contributed by atoms with van der Waals surface area (Å²) in [7, 11) is 0. The minimum absolute atomic E-state index is 0.173. The zero-order valence-corrected chi connectivity index (χ0v) is 14.3. The lowest BCUT2D eigenvalue weighted by Crippen LogP contribution is -2.13. The highest BCUT2D eigenvalue weighted by Crippen LogP contribution is 2.35. The molecule has 0 unspecified atom stereocenters. The highest BCUT2D eigenvalue weighted by molar-refractivity contribution is 6.12. The fraction of sp³-hybridized carbons (Fsp3) is 0.217. The second kappa shape index (κ2) is 4.83. The molecule has 0 spiro atoms. The molecule has 0 saturated carbocycles. The second-order valence-corrected chi connectivity index (χ2v) is 7.57. The van der Waals surface area contributed by atoms with Gasteiger partial charge in [0.1, 0.15) is 0 Å². The Labute approximate surface area is 137 Å². The number of aryl methyl sites for hydroxylation is 1. The van der Waals surface area contributed by atoms with Crippen LogP contribution >= 0.6 is 0 Å². The molecule has 4 aromatic rings. The minimum Gasteiger partial charge on any atom is -0.0616 e. The lowest BCUT2D eigenvalue weighted by molar-refractivity contribution is 0.587. The summed E-state index contributed by atoms with van der Waals surface area (Å²) in [5.41, 5.74) is 3.01. The molecule has 0 aliphatic rings. The Kier molecular flexibility index (Phi) is 2.99. The van der Waals surface area contributed by atoms with E-state index in [-0.39, 0.29) is 5.41 Å². The SMILES string of the molecule is Cc1c(C(C)(C)C)ccc2cc3ccc4ccccc4c3cc12. The van der Waals surface area contributed by atoms with Crippen molar-refractivity contribution in [1.29, 1.82) is 0 Å². The standard InChI is InChI=1S/C23H22/c1-15-20-14-21-18(10-9-16-7-5-6-8-19(16)21)13-17(20)11-12-22(15)23(2,3)4/h5-14H,1-4H3. The monoisotopic (exact) mass is 298 g/mol. The van der Waals surface area contributed by atoms with Crippen molar-refractivity contribution in [2.75, 3.05) is 0 Å². The third-order valence-electron chi connectivity index (χ3n) is 4.96. The molecule has 0 aliphatic carbocycles. The highest BCUT2D eigenvalue weighted by Gasteiger charge is 2.17. The molecule has 114 valence electrons. The van der Waals surface area contributed by atoms with Gasteiger partial charge in [0, 0.05) is 0 Å². The van der Waals surface area contributed by atoms with E-state index in [1.807, 2.05) is 0 Å². The highest BCUT2D eigenvalue weighted by atomic mass is 14.2. The zero-order chi connectivity index (χ0) is 16.2. The maximum atomic E-state index is 2.39. The number of hydrogen-bond donors (Lipinski definition) is 0. The minimum atomic E-state index is 0.173. The fourth-order valence-corrected chi connectivity index (χ4v) is 3.79. The van der Waals surface area contributed by atoms with Crippen LogP contribution in [0.4, 0.5) is 0 Å². The molecular weight excluding hydrogens is 276 g/mol. The van der Waals surface area contributed by atoms with Crippen LogP contribution in [0.25, 0.3) is 32.3 Å². The first-order chi connectivity index (χ1) is 10.9. The maximum Gasteiger partial charge on any atom is -0.00989 e. The van der Waals surface area contributed by atoms with Crippen LogP contribution in [0.3, 0.4) is 0 Å². The molecule has 0 saturated heterocycles. The van der Waals surface area contributed by atoms with Crippen LogP contribution in [-0.4, -0.2) is 0 Å². The molecule has 4 aromatic carbocycles. The van der Waals surface area contributed by atoms with Gasteiger partial charge in [0.05, 0.1) is 0 Å². The average Bonchev–Trinajstić information content (AvgIpc) is 2.52. The summed E-state index contributed by atoms with van der Waals surface area (Å²) in [6.07, 6.45) is 0. The first-order valence-corrected chi connectivity index (χ1v) is 8.30. The summed E-state index contributed by atoms with van der Waals surface area (Å²) in [4.78, 5) is 0. The van der Waals surface area contributed by atoms with Gasteiger partial charge in [-0.15, -0.1) is 0 Å². The molecule has 0 bridgehead atoms. The van der Waals surface area contributed by atoms with Crippen molar-refractivity contribution in [2.45, 2.75) is 33.1 Å². The quantitative estimate of drug-likeness (QED) is 0.249. The van der Waals surface area contributed by atoms with Crippen molar-refractivity contribution in [3.8, 4) is 0 Å². The summed E-state index contributed by atoms with van der Waals surface area (Å²) >= 11 is 0. The van der Waals surface area contributed by atoms with Gasteiger partial charge in [0.15, 0.2) is 0 Å². The van der Waals surface area contributed by atoms with E-state index in [1.54, 1.807) is 0 Å². The van der Waals surface area contributed by atoms with E-state index in [9.17, 15) is 0 Å². The number of benzene rings is 4. The van der Waals surface area contributed by atoms with Gasteiger partial charge in [-0.2, -0.15) is 0 Å². The van der Waals surface area contributed by atoms with Gasteiger partial charge in [-0.3, -0.25) is 0 Å². The summed E-state index contributed by atoms with van der Waals surface area (Å²) in [6, 6.07) is 22.4. The van der Waals surface area contributed by atoms with Crippen molar-refractivity contribution in [1.82, 2.24) is 0 Å². The molecule has 0 heterocycles. The summed E-state index contributed by atoms with van der Waals surface area (Å²) in [5.74, 6) is 0. The van der Waals surface area contributed by atoms with Crippen molar-refractivity contribution >= 4 is 32.3 Å². The Morgan fingerprint density at radius 2 is 1.26 bits per heavy atom. The first-order valence-electron chi connectivity index (χ1n) is 8.30. The van der Waals surface area contributed by atoms with Crippen molar-refractivity contribution < 1.29 is 0 Å². The Morgan fingerprint density at radius 1 is 0.609 bits per heavy atom. The van der Waals surface area contributed by atoms with Gasteiger partial charge in [0.2, 0.25) is 0 Å². The van der Waals surface area contributed by atoms with Crippen LogP contribution in [0, 0.1) is 6.92 Å². The number of rotatable bonds is 0. The van der Waals surface area contributed by atoms with Crippen molar-refractivity contribution in [3.05, 3.63) is 71.8 Å². The molecular formula is C23H22. The number of hydrogen-bond acceptors (Lipinski definition) is 0. The Hall–Kier alpha value is -2.34. The summed E-state index contributed by atoms with van der Waals surface area (Å²) in [5, 5.41) is 8.03. The average molecular weight is 298 g/mol. The third-order valence-corrected chi connectivity index (χ3v) is 4.96. The third kappa shape index (κ3) is 2.21. The molecule has 0 fully saturated rings. The molecule has 0 N–H and O–H groups in total. The molecule has 0 amide bonds. The Bertz CT molecular complexity index is 1050. The fourth-order valence-electron chi connectivity index (χ4n) is 3.79. The van der Waals surface area contributed by atoms with Crippen molar-refractivity contribution in [2.24, 2.45) is 0 Å². The van der Waals surface area contributed by atoms with E-state index < -0.39 is 0 Å². The predicted octanol–water partition coefficient (Wildman–Crippen LogP) is 6.75. The van der Waals surface area contributed by atoms with Crippen LogP contribution in [0.15, 0.2) is 60.7 Å². The van der Waals surface area contributed by atoms with Gasteiger partial charge < -0.3 is 0 Å². The Balaban J connectivity index is 2.15. The van der Waals surface area contributed by atoms with E-state index in [2.05, 4.69) is 88.4 Å². The number of fused-ring (bicyclic) bond motifs is 4.